The Bertz CT molecular complexity index is 1240. The summed E-state index contributed by atoms with van der Waals surface area (Å²) in [4.78, 5) is 24.4. The van der Waals surface area contributed by atoms with Crippen molar-refractivity contribution >= 4 is 46.9 Å². The minimum atomic E-state index is -0.941. The van der Waals surface area contributed by atoms with Crippen LogP contribution in [0, 0.1) is 13.8 Å². The van der Waals surface area contributed by atoms with E-state index in [2.05, 4.69) is 15.8 Å². The summed E-state index contributed by atoms with van der Waals surface area (Å²) >= 11 is 12.2. The third-order valence-electron chi connectivity index (χ3n) is 4.85. The largest absolute Gasteiger partial charge is 0.495 e. The number of carbonyl (C=O) groups excluding carboxylic acids is 2. The summed E-state index contributed by atoms with van der Waals surface area (Å²) in [5.74, 6) is -0.897. The van der Waals surface area contributed by atoms with Crippen LogP contribution in [0.15, 0.2) is 47.6 Å². The summed E-state index contributed by atoms with van der Waals surface area (Å²) < 4.78 is 12.3. The van der Waals surface area contributed by atoms with Crippen LogP contribution in [-0.4, -0.2) is 36.8 Å². The molecule has 0 aliphatic heterocycles. The van der Waals surface area contributed by atoms with Gasteiger partial charge in [-0.3, -0.25) is 9.59 Å². The number of hydrazone groups is 1. The number of aromatic nitrogens is 1. The van der Waals surface area contributed by atoms with Crippen molar-refractivity contribution in [2.24, 2.45) is 5.10 Å². The van der Waals surface area contributed by atoms with Gasteiger partial charge < -0.3 is 19.4 Å². The maximum atomic E-state index is 12.2. The molecule has 2 N–H and O–H groups in total. The Morgan fingerprint density at radius 1 is 0.970 bits per heavy atom. The Hall–Kier alpha value is -3.49. The molecule has 2 aromatic carbocycles. The van der Waals surface area contributed by atoms with Gasteiger partial charge in [0, 0.05) is 27.7 Å². The zero-order valence-corrected chi connectivity index (χ0v) is 19.9. The average Bonchev–Trinajstić information content (AvgIpc) is 3.06. The van der Waals surface area contributed by atoms with Crippen LogP contribution in [0.25, 0.3) is 5.69 Å². The smallest absolute Gasteiger partial charge is 0.329 e. The van der Waals surface area contributed by atoms with Gasteiger partial charge in [-0.15, -0.1) is 0 Å². The molecule has 10 heteroatoms. The number of methoxy groups -OCH3 is 2. The van der Waals surface area contributed by atoms with Crippen LogP contribution in [0.5, 0.6) is 11.5 Å². The first-order chi connectivity index (χ1) is 15.7. The first kappa shape index (κ1) is 24.2. The quantitative estimate of drug-likeness (QED) is 0.303. The molecule has 1 aromatic heterocycles. The van der Waals surface area contributed by atoms with Crippen LogP contribution in [-0.2, 0) is 9.59 Å². The maximum Gasteiger partial charge on any atom is 0.329 e. The van der Waals surface area contributed by atoms with E-state index in [9.17, 15) is 9.59 Å². The highest BCUT2D eigenvalue weighted by atomic mass is 35.5. The summed E-state index contributed by atoms with van der Waals surface area (Å²) in [6.45, 7) is 3.85. The lowest BCUT2D eigenvalue weighted by Gasteiger charge is -2.11. The molecule has 0 atom stereocenters. The van der Waals surface area contributed by atoms with Crippen LogP contribution in [0.4, 0.5) is 5.69 Å². The Labute approximate surface area is 201 Å². The highest BCUT2D eigenvalue weighted by Gasteiger charge is 2.16. The topological polar surface area (TPSA) is 94.0 Å². The predicted molar refractivity (Wildman–Crippen MR) is 129 cm³/mol. The van der Waals surface area contributed by atoms with Crippen molar-refractivity contribution < 1.29 is 19.1 Å². The van der Waals surface area contributed by atoms with Crippen molar-refractivity contribution in [1.29, 1.82) is 0 Å². The van der Waals surface area contributed by atoms with Crippen molar-refractivity contribution in [3.8, 4) is 17.2 Å². The second-order valence-electron chi connectivity index (χ2n) is 6.98. The fourth-order valence-electron chi connectivity index (χ4n) is 3.28. The van der Waals surface area contributed by atoms with Gasteiger partial charge in [0.05, 0.1) is 31.1 Å². The van der Waals surface area contributed by atoms with Crippen LogP contribution in [0.3, 0.4) is 0 Å². The number of rotatable bonds is 6. The van der Waals surface area contributed by atoms with E-state index in [0.717, 1.165) is 22.6 Å². The van der Waals surface area contributed by atoms with Gasteiger partial charge in [-0.1, -0.05) is 23.2 Å². The highest BCUT2D eigenvalue weighted by Crippen LogP contribution is 2.29. The standard InChI is InChI=1S/C23H22Cl2N4O4/c1-13-9-15(14(2)29(13)17-6-8-20(32-3)18(25)11-17)12-26-28-23(31)22(30)27-19-10-16(24)5-7-21(19)33-4/h5-12H,1-4H3,(H,27,30)(H,28,31)/b26-12-. The predicted octanol–water partition coefficient (Wildman–Crippen LogP) is 4.51. The molecule has 3 rings (SSSR count). The minimum absolute atomic E-state index is 0.274. The van der Waals surface area contributed by atoms with Crippen LogP contribution in [0.2, 0.25) is 10.0 Å². The molecule has 0 aliphatic rings. The first-order valence-corrected chi connectivity index (χ1v) is 10.5. The average molecular weight is 489 g/mol. The molecule has 0 bridgehead atoms. The molecular formula is C23H22Cl2N4O4. The Kier molecular flexibility index (Phi) is 7.63. The molecule has 33 heavy (non-hydrogen) atoms. The van der Waals surface area contributed by atoms with Gasteiger partial charge in [-0.2, -0.15) is 5.10 Å². The number of nitrogens with one attached hydrogen (secondary N) is 2. The maximum absolute atomic E-state index is 12.2. The van der Waals surface area contributed by atoms with Crippen molar-refractivity contribution in [2.75, 3.05) is 19.5 Å². The second kappa shape index (κ2) is 10.4. The lowest BCUT2D eigenvalue weighted by atomic mass is 10.2. The number of hydrogen-bond acceptors (Lipinski definition) is 5. The summed E-state index contributed by atoms with van der Waals surface area (Å²) in [5, 5.41) is 7.25. The number of hydrogen-bond donors (Lipinski definition) is 2. The van der Waals surface area contributed by atoms with E-state index < -0.39 is 11.8 Å². The highest BCUT2D eigenvalue weighted by molar-refractivity contribution is 6.40. The lowest BCUT2D eigenvalue weighted by molar-refractivity contribution is -0.136. The second-order valence-corrected chi connectivity index (χ2v) is 7.82. The number of carbonyl (C=O) groups is 2. The van der Waals surface area contributed by atoms with E-state index in [1.54, 1.807) is 31.4 Å². The fraction of sp³-hybridized carbons (Fsp3) is 0.174. The summed E-state index contributed by atoms with van der Waals surface area (Å²) in [5.41, 5.74) is 5.92. The summed E-state index contributed by atoms with van der Waals surface area (Å²) in [6, 6.07) is 12.1. The first-order valence-electron chi connectivity index (χ1n) is 9.76. The van der Waals surface area contributed by atoms with Gasteiger partial charge in [0.2, 0.25) is 0 Å². The monoisotopic (exact) mass is 488 g/mol. The summed E-state index contributed by atoms with van der Waals surface area (Å²) in [6.07, 6.45) is 1.47. The molecule has 8 nitrogen and oxygen atoms in total. The molecule has 0 fully saturated rings. The Morgan fingerprint density at radius 2 is 1.67 bits per heavy atom. The molecule has 3 aromatic rings. The number of amides is 2. The van der Waals surface area contributed by atoms with E-state index in [4.69, 9.17) is 32.7 Å². The number of benzene rings is 2. The Balaban J connectivity index is 1.71. The van der Waals surface area contributed by atoms with E-state index >= 15 is 0 Å². The number of aryl methyl sites for hydroxylation is 1. The number of nitrogens with zero attached hydrogens (tertiary/aromatic N) is 2. The van der Waals surface area contributed by atoms with E-state index in [0.29, 0.717) is 21.5 Å². The van der Waals surface area contributed by atoms with Crippen molar-refractivity contribution in [3.63, 3.8) is 0 Å². The minimum Gasteiger partial charge on any atom is -0.495 e. The van der Waals surface area contributed by atoms with E-state index in [1.807, 2.05) is 30.5 Å². The molecule has 1 heterocycles. The molecule has 0 radical (unpaired) electrons. The van der Waals surface area contributed by atoms with Crippen LogP contribution < -0.4 is 20.2 Å². The van der Waals surface area contributed by atoms with Gasteiger partial charge in [0.15, 0.2) is 0 Å². The molecule has 0 saturated carbocycles. The van der Waals surface area contributed by atoms with Gasteiger partial charge >= 0.3 is 11.8 Å². The van der Waals surface area contributed by atoms with Crippen molar-refractivity contribution in [1.82, 2.24) is 9.99 Å². The lowest BCUT2D eigenvalue weighted by Crippen LogP contribution is -2.32. The molecule has 0 saturated heterocycles. The fourth-order valence-corrected chi connectivity index (χ4v) is 3.70. The number of anilines is 1. The van der Waals surface area contributed by atoms with Crippen molar-refractivity contribution in [2.45, 2.75) is 13.8 Å². The van der Waals surface area contributed by atoms with Crippen LogP contribution >= 0.6 is 23.2 Å². The Morgan fingerprint density at radius 3 is 2.33 bits per heavy atom. The van der Waals surface area contributed by atoms with Gasteiger partial charge in [0.25, 0.3) is 0 Å². The van der Waals surface area contributed by atoms with E-state index in [-0.39, 0.29) is 5.69 Å². The zero-order chi connectivity index (χ0) is 24.1. The normalized spacial score (nSPS) is 10.8. The summed E-state index contributed by atoms with van der Waals surface area (Å²) in [7, 11) is 3.00. The number of ether oxygens (including phenoxy) is 2. The van der Waals surface area contributed by atoms with Crippen LogP contribution in [0.1, 0.15) is 17.0 Å². The number of halogens is 2. The molecular weight excluding hydrogens is 467 g/mol. The van der Waals surface area contributed by atoms with E-state index in [1.165, 1.54) is 19.4 Å². The third-order valence-corrected chi connectivity index (χ3v) is 5.38. The van der Waals surface area contributed by atoms with Crippen molar-refractivity contribution in [3.05, 3.63) is 69.5 Å². The molecule has 0 unspecified atom stereocenters. The van der Waals surface area contributed by atoms with Gasteiger partial charge in [0.1, 0.15) is 11.5 Å². The molecule has 0 spiro atoms. The molecule has 2 amide bonds. The molecule has 172 valence electrons. The van der Waals surface area contributed by atoms with Gasteiger partial charge in [-0.25, -0.2) is 5.43 Å². The third kappa shape index (κ3) is 5.47. The van der Waals surface area contributed by atoms with Gasteiger partial charge in [-0.05, 0) is 56.3 Å². The molecule has 0 aliphatic carbocycles. The zero-order valence-electron chi connectivity index (χ0n) is 18.4. The SMILES string of the molecule is COc1ccc(-n2c(C)cc(/C=N\NC(=O)C(=O)Nc3cc(Cl)ccc3OC)c2C)cc1Cl.